The lowest BCUT2D eigenvalue weighted by atomic mass is 9.95. The zero-order chi connectivity index (χ0) is 31.2. The van der Waals surface area contributed by atoms with E-state index in [1.807, 2.05) is 42.5 Å². The molecule has 5 aromatic rings. The summed E-state index contributed by atoms with van der Waals surface area (Å²) in [5.74, 6) is 0.656. The Morgan fingerprint density at radius 2 is 1.02 bits per heavy atom. The van der Waals surface area contributed by atoms with Crippen LogP contribution in [0, 0.1) is 0 Å². The van der Waals surface area contributed by atoms with Gasteiger partial charge in [0, 0.05) is 35.9 Å². The van der Waals surface area contributed by atoms with E-state index in [2.05, 4.69) is 58.5 Å². The highest BCUT2D eigenvalue weighted by atomic mass is 16.7. The molecule has 5 atom stereocenters. The first-order valence-corrected chi connectivity index (χ1v) is 14.7. The molecule has 0 aliphatic carbocycles. The van der Waals surface area contributed by atoms with Crippen LogP contribution in [0.2, 0.25) is 0 Å². The monoisotopic (exact) mass is 606 g/mol. The summed E-state index contributed by atoms with van der Waals surface area (Å²) in [6.45, 7) is -0.417. The maximum atomic E-state index is 10.3. The van der Waals surface area contributed by atoms with Crippen molar-refractivity contribution in [2.24, 2.45) is 0 Å². The predicted octanol–water partition coefficient (Wildman–Crippen LogP) is 4.34. The van der Waals surface area contributed by atoms with Crippen LogP contribution in [0.5, 0.6) is 5.75 Å². The number of aromatic nitrogens is 2. The van der Waals surface area contributed by atoms with Crippen LogP contribution in [0.3, 0.4) is 0 Å². The van der Waals surface area contributed by atoms with Crippen molar-refractivity contribution in [1.29, 1.82) is 0 Å². The zero-order valence-electron chi connectivity index (χ0n) is 24.4. The van der Waals surface area contributed by atoms with E-state index in [-0.39, 0.29) is 13.2 Å². The Labute approximate surface area is 261 Å². The van der Waals surface area contributed by atoms with Crippen LogP contribution >= 0.6 is 0 Å². The quantitative estimate of drug-likeness (QED) is 0.171. The number of hydrogen-bond donors (Lipinski definition) is 4. The van der Waals surface area contributed by atoms with Gasteiger partial charge in [0.25, 0.3) is 0 Å². The average Bonchev–Trinajstić information content (AvgIpc) is 3.11. The topological polar surface area (TPSA) is 134 Å². The smallest absolute Gasteiger partial charge is 0.186 e. The number of ether oxygens (including phenoxy) is 3. The highest BCUT2D eigenvalue weighted by Gasteiger charge is 2.44. The third-order valence-electron chi connectivity index (χ3n) is 7.89. The molecule has 3 unspecified atom stereocenters. The molecule has 0 saturated carbocycles. The number of para-hydroxylation sites is 1. The lowest BCUT2D eigenvalue weighted by molar-refractivity contribution is -0.301. The minimum absolute atomic E-state index is 0.0123. The number of hydrogen-bond acceptors (Lipinski definition) is 9. The van der Waals surface area contributed by atoms with Gasteiger partial charge in [0.15, 0.2) is 6.29 Å². The Bertz CT molecular complexity index is 1570. The van der Waals surface area contributed by atoms with Gasteiger partial charge < -0.3 is 34.6 Å². The van der Waals surface area contributed by atoms with E-state index >= 15 is 0 Å². The van der Waals surface area contributed by atoms with E-state index in [9.17, 15) is 20.4 Å². The Kier molecular flexibility index (Phi) is 9.56. The maximum Gasteiger partial charge on any atom is 0.186 e. The second kappa shape index (κ2) is 14.1. The molecule has 0 spiro atoms. The van der Waals surface area contributed by atoms with Crippen molar-refractivity contribution >= 4 is 0 Å². The summed E-state index contributed by atoms with van der Waals surface area (Å²) in [7, 11) is 0. The van der Waals surface area contributed by atoms with Crippen LogP contribution in [-0.4, -0.2) is 80.9 Å². The van der Waals surface area contributed by atoms with Gasteiger partial charge in [-0.25, -0.2) is 0 Å². The molecule has 2 aromatic heterocycles. The molecule has 3 heterocycles. The molecule has 0 radical (unpaired) electrons. The van der Waals surface area contributed by atoms with Gasteiger partial charge in [-0.3, -0.25) is 9.97 Å². The van der Waals surface area contributed by atoms with Gasteiger partial charge >= 0.3 is 0 Å². The molecule has 9 nitrogen and oxygen atoms in total. The van der Waals surface area contributed by atoms with E-state index in [1.165, 1.54) is 0 Å². The number of aliphatic hydroxyl groups excluding tert-OH is 4. The van der Waals surface area contributed by atoms with Crippen molar-refractivity contribution < 1.29 is 34.6 Å². The largest absolute Gasteiger partial charge is 0.490 e. The number of benzene rings is 3. The van der Waals surface area contributed by atoms with Crippen LogP contribution < -0.4 is 4.74 Å². The van der Waals surface area contributed by atoms with E-state index in [0.29, 0.717) is 5.75 Å². The summed E-state index contributed by atoms with van der Waals surface area (Å²) in [5, 5.41) is 40.0. The predicted molar refractivity (Wildman–Crippen MR) is 169 cm³/mol. The van der Waals surface area contributed by atoms with Gasteiger partial charge in [0.05, 0.1) is 13.2 Å². The Morgan fingerprint density at radius 1 is 0.556 bits per heavy atom. The van der Waals surface area contributed by atoms with Crippen molar-refractivity contribution in [3.63, 3.8) is 0 Å². The fraction of sp³-hybridized carbons (Fsp3) is 0.222. The number of aliphatic hydroxyl groups is 4. The van der Waals surface area contributed by atoms with Crippen LogP contribution in [0.15, 0.2) is 116 Å². The first kappa shape index (κ1) is 30.5. The molecule has 4 N–H and O–H groups in total. The summed E-state index contributed by atoms with van der Waals surface area (Å²) >= 11 is 0. The van der Waals surface area contributed by atoms with Crippen molar-refractivity contribution in [3.05, 3.63) is 116 Å². The van der Waals surface area contributed by atoms with Crippen LogP contribution in [0.1, 0.15) is 0 Å². The molecule has 1 saturated heterocycles. The Morgan fingerprint density at radius 3 is 1.51 bits per heavy atom. The second-order valence-corrected chi connectivity index (χ2v) is 10.7. The fourth-order valence-corrected chi connectivity index (χ4v) is 5.43. The van der Waals surface area contributed by atoms with Gasteiger partial charge in [-0.2, -0.15) is 0 Å². The van der Waals surface area contributed by atoms with Gasteiger partial charge in [-0.1, -0.05) is 66.7 Å². The molecular weight excluding hydrogens is 572 g/mol. The summed E-state index contributed by atoms with van der Waals surface area (Å²) < 4.78 is 17.6. The summed E-state index contributed by atoms with van der Waals surface area (Å²) in [6.07, 6.45) is 0.339. The van der Waals surface area contributed by atoms with Gasteiger partial charge in [-0.15, -0.1) is 0 Å². The first-order chi connectivity index (χ1) is 22.0. The standard InChI is InChI=1S/C36H34N2O7/c39-22-31-32(40)33(41)34(42)36(45-31)44-21-20-43-35-29(27-8-4-23(5-9-27)25-12-16-37-17-13-25)2-1-3-30(35)28-10-6-24(7-11-28)26-14-18-38-19-15-26/h1-19,31-34,36,39-42H,20-22H2/t31?,32-,33?,34?,36-/m1/s1. The normalized spacial score (nSPS) is 21.4. The minimum Gasteiger partial charge on any atom is -0.490 e. The second-order valence-electron chi connectivity index (χ2n) is 10.7. The zero-order valence-corrected chi connectivity index (χ0v) is 24.4. The lowest BCUT2D eigenvalue weighted by Gasteiger charge is -2.39. The first-order valence-electron chi connectivity index (χ1n) is 14.7. The highest BCUT2D eigenvalue weighted by molar-refractivity contribution is 5.84. The Balaban J connectivity index is 1.27. The number of pyridine rings is 2. The van der Waals surface area contributed by atoms with Gasteiger partial charge in [0.1, 0.15) is 36.8 Å². The lowest BCUT2D eigenvalue weighted by Crippen LogP contribution is -2.59. The van der Waals surface area contributed by atoms with Gasteiger partial charge in [-0.05, 0) is 57.6 Å². The van der Waals surface area contributed by atoms with Crippen LogP contribution in [0.25, 0.3) is 44.5 Å². The number of nitrogens with zero attached hydrogens (tertiary/aromatic N) is 2. The molecule has 230 valence electrons. The van der Waals surface area contributed by atoms with E-state index in [4.69, 9.17) is 14.2 Å². The molecule has 0 bridgehead atoms. The van der Waals surface area contributed by atoms with Gasteiger partial charge in [0.2, 0.25) is 0 Å². The molecule has 9 heteroatoms. The van der Waals surface area contributed by atoms with Crippen molar-refractivity contribution in [3.8, 4) is 50.3 Å². The van der Waals surface area contributed by atoms with Crippen LogP contribution in [-0.2, 0) is 9.47 Å². The third kappa shape index (κ3) is 6.79. The molecule has 1 fully saturated rings. The highest BCUT2D eigenvalue weighted by Crippen LogP contribution is 2.40. The third-order valence-corrected chi connectivity index (χ3v) is 7.89. The van der Waals surface area contributed by atoms with Crippen molar-refractivity contribution in [1.82, 2.24) is 9.97 Å². The molecule has 3 aromatic carbocycles. The molecular formula is C36H34N2O7. The SMILES string of the molecule is OCC1O[C@@H](OCCOc2c(-c3ccc(-c4ccncc4)cc3)cccc2-c2ccc(-c3ccncc3)cc2)C(O)C(O)[C@@H]1O. The van der Waals surface area contributed by atoms with Crippen molar-refractivity contribution in [2.45, 2.75) is 30.7 Å². The molecule has 1 aliphatic rings. The summed E-state index contributed by atoms with van der Waals surface area (Å²) in [4.78, 5) is 8.21. The maximum absolute atomic E-state index is 10.3. The average molecular weight is 607 g/mol. The number of rotatable bonds is 10. The van der Waals surface area contributed by atoms with Crippen LogP contribution in [0.4, 0.5) is 0 Å². The molecule has 1 aliphatic heterocycles. The molecule has 0 amide bonds. The molecule has 6 rings (SSSR count). The molecule has 45 heavy (non-hydrogen) atoms. The summed E-state index contributed by atoms with van der Waals surface area (Å²) in [6, 6.07) is 30.3. The minimum atomic E-state index is -1.51. The van der Waals surface area contributed by atoms with E-state index < -0.39 is 37.3 Å². The van der Waals surface area contributed by atoms with Crippen molar-refractivity contribution in [2.75, 3.05) is 19.8 Å². The summed E-state index contributed by atoms with van der Waals surface area (Å²) in [5.41, 5.74) is 7.99. The van der Waals surface area contributed by atoms with E-state index in [1.54, 1.807) is 24.8 Å². The van der Waals surface area contributed by atoms with E-state index in [0.717, 1.165) is 44.5 Å². The fourth-order valence-electron chi connectivity index (χ4n) is 5.43. The Hall–Kier alpha value is -4.48.